The van der Waals surface area contributed by atoms with E-state index in [1.54, 1.807) is 0 Å². The fourth-order valence-corrected chi connectivity index (χ4v) is 1.89. The van der Waals surface area contributed by atoms with Crippen LogP contribution in [0, 0.1) is 0 Å². The van der Waals surface area contributed by atoms with E-state index < -0.39 is 0 Å². The van der Waals surface area contributed by atoms with Gasteiger partial charge in [-0.3, -0.25) is 4.79 Å². The van der Waals surface area contributed by atoms with E-state index in [0.717, 1.165) is 31.6 Å². The quantitative estimate of drug-likeness (QED) is 0.630. The van der Waals surface area contributed by atoms with Crippen LogP contribution in [0.4, 0.5) is 0 Å². The third kappa shape index (κ3) is 1.81. The van der Waals surface area contributed by atoms with E-state index >= 15 is 0 Å². The molecule has 0 unspecified atom stereocenters. The summed E-state index contributed by atoms with van der Waals surface area (Å²) in [5.41, 5.74) is 2.44. The molecule has 0 aromatic carbocycles. The molecule has 76 valence electrons. The van der Waals surface area contributed by atoms with Gasteiger partial charge < -0.3 is 9.47 Å². The Morgan fingerprint density at radius 1 is 1.50 bits per heavy atom. The first-order valence-corrected chi connectivity index (χ1v) is 4.90. The topological polar surface area (TPSA) is 35.5 Å². The Bertz CT molecular complexity index is 312. The summed E-state index contributed by atoms with van der Waals surface area (Å²) >= 11 is 0. The lowest BCUT2D eigenvalue weighted by atomic mass is 9.95. The fourth-order valence-electron chi connectivity index (χ4n) is 1.89. The monoisotopic (exact) mass is 194 g/mol. The number of carbonyl (C=O) groups excluding carboxylic acids is 1. The minimum absolute atomic E-state index is 0.154. The highest BCUT2D eigenvalue weighted by atomic mass is 16.5. The number of esters is 1. The second kappa shape index (κ2) is 3.86. The summed E-state index contributed by atoms with van der Waals surface area (Å²) < 4.78 is 10.1. The van der Waals surface area contributed by atoms with Crippen LogP contribution in [-0.4, -0.2) is 19.7 Å². The van der Waals surface area contributed by atoms with Crippen LogP contribution in [0.2, 0.25) is 0 Å². The lowest BCUT2D eigenvalue weighted by molar-refractivity contribution is -0.139. The standard InChI is InChI=1S/C11H14O3/c1-13-11(12)7-8-2-3-10-9(6-8)4-5-14-10/h6H,2-5,7H2,1H3. The predicted octanol–water partition coefficient (Wildman–Crippen LogP) is 1.94. The number of ether oxygens (including phenoxy) is 2. The molecule has 0 N–H and O–H groups in total. The normalized spacial score (nSPS) is 19.9. The first-order chi connectivity index (χ1) is 6.79. The van der Waals surface area contributed by atoms with E-state index in [9.17, 15) is 4.79 Å². The summed E-state index contributed by atoms with van der Waals surface area (Å²) in [6, 6.07) is 0. The molecule has 0 bridgehead atoms. The van der Waals surface area contributed by atoms with Gasteiger partial charge in [0.25, 0.3) is 0 Å². The summed E-state index contributed by atoms with van der Waals surface area (Å²) in [4.78, 5) is 11.1. The van der Waals surface area contributed by atoms with Crippen LogP contribution >= 0.6 is 0 Å². The SMILES string of the molecule is COC(=O)CC1=CC2=C(CC1)OCC2. The average Bonchev–Trinajstić information content (AvgIpc) is 2.64. The van der Waals surface area contributed by atoms with Crippen LogP contribution in [0.5, 0.6) is 0 Å². The van der Waals surface area contributed by atoms with Crippen LogP contribution in [0.25, 0.3) is 0 Å². The largest absolute Gasteiger partial charge is 0.497 e. The molecule has 0 fully saturated rings. The molecular weight excluding hydrogens is 180 g/mol. The van der Waals surface area contributed by atoms with Crippen LogP contribution in [0.15, 0.2) is 23.0 Å². The molecular formula is C11H14O3. The molecule has 0 saturated heterocycles. The molecule has 0 radical (unpaired) electrons. The third-order valence-electron chi connectivity index (χ3n) is 2.66. The molecule has 2 aliphatic rings. The van der Waals surface area contributed by atoms with Gasteiger partial charge in [-0.15, -0.1) is 0 Å². The lowest BCUT2D eigenvalue weighted by Gasteiger charge is -2.13. The van der Waals surface area contributed by atoms with Crippen LogP contribution in [-0.2, 0) is 14.3 Å². The Morgan fingerprint density at radius 2 is 2.36 bits per heavy atom. The van der Waals surface area contributed by atoms with Crippen molar-refractivity contribution in [2.24, 2.45) is 0 Å². The molecule has 0 amide bonds. The first kappa shape index (κ1) is 9.31. The number of hydrogen-bond donors (Lipinski definition) is 0. The lowest BCUT2D eigenvalue weighted by Crippen LogP contribution is -2.05. The summed E-state index contributed by atoms with van der Waals surface area (Å²) in [6.45, 7) is 0.798. The summed E-state index contributed by atoms with van der Waals surface area (Å²) in [5, 5.41) is 0. The maximum absolute atomic E-state index is 11.1. The number of rotatable bonds is 2. The predicted molar refractivity (Wildman–Crippen MR) is 51.5 cm³/mol. The van der Waals surface area contributed by atoms with Crippen molar-refractivity contribution in [3.05, 3.63) is 23.0 Å². The number of methoxy groups -OCH3 is 1. The highest BCUT2D eigenvalue weighted by molar-refractivity contribution is 5.72. The number of allylic oxidation sites excluding steroid dienone is 2. The smallest absolute Gasteiger partial charge is 0.309 e. The average molecular weight is 194 g/mol. The van der Waals surface area contributed by atoms with Crippen molar-refractivity contribution in [3.63, 3.8) is 0 Å². The molecule has 0 atom stereocenters. The zero-order chi connectivity index (χ0) is 9.97. The Morgan fingerprint density at radius 3 is 3.14 bits per heavy atom. The second-order valence-electron chi connectivity index (χ2n) is 3.60. The minimum atomic E-state index is -0.154. The zero-order valence-corrected chi connectivity index (χ0v) is 8.34. The molecule has 0 spiro atoms. The zero-order valence-electron chi connectivity index (χ0n) is 8.34. The molecule has 1 aliphatic heterocycles. The van der Waals surface area contributed by atoms with E-state index in [-0.39, 0.29) is 5.97 Å². The van der Waals surface area contributed by atoms with Crippen molar-refractivity contribution < 1.29 is 14.3 Å². The van der Waals surface area contributed by atoms with Crippen molar-refractivity contribution in [2.45, 2.75) is 25.7 Å². The van der Waals surface area contributed by atoms with E-state index in [2.05, 4.69) is 10.8 Å². The van der Waals surface area contributed by atoms with Crippen LogP contribution < -0.4 is 0 Å². The van der Waals surface area contributed by atoms with Gasteiger partial charge in [-0.05, 0) is 12.0 Å². The first-order valence-electron chi connectivity index (χ1n) is 4.90. The molecule has 14 heavy (non-hydrogen) atoms. The van der Waals surface area contributed by atoms with Crippen molar-refractivity contribution in [3.8, 4) is 0 Å². The third-order valence-corrected chi connectivity index (χ3v) is 2.66. The van der Waals surface area contributed by atoms with Gasteiger partial charge in [0, 0.05) is 12.8 Å². The number of carbonyl (C=O) groups is 1. The van der Waals surface area contributed by atoms with Crippen molar-refractivity contribution >= 4 is 5.97 Å². The Hall–Kier alpha value is -1.25. The highest BCUT2D eigenvalue weighted by Crippen LogP contribution is 2.32. The molecule has 0 aromatic heterocycles. The van der Waals surface area contributed by atoms with Crippen LogP contribution in [0.1, 0.15) is 25.7 Å². The van der Waals surface area contributed by atoms with Gasteiger partial charge in [0.15, 0.2) is 0 Å². The molecule has 3 nitrogen and oxygen atoms in total. The summed E-state index contributed by atoms with van der Waals surface area (Å²) in [5.74, 6) is 0.970. The van der Waals surface area contributed by atoms with Gasteiger partial charge in [0.05, 0.1) is 25.9 Å². The Labute approximate surface area is 83.4 Å². The maximum atomic E-state index is 11.1. The van der Waals surface area contributed by atoms with Crippen molar-refractivity contribution in [1.29, 1.82) is 0 Å². The second-order valence-corrected chi connectivity index (χ2v) is 3.60. The van der Waals surface area contributed by atoms with E-state index in [0.29, 0.717) is 6.42 Å². The molecule has 0 saturated carbocycles. The van der Waals surface area contributed by atoms with Crippen molar-refractivity contribution in [2.75, 3.05) is 13.7 Å². The van der Waals surface area contributed by atoms with Gasteiger partial charge in [-0.1, -0.05) is 11.6 Å². The molecule has 1 heterocycles. The van der Waals surface area contributed by atoms with Gasteiger partial charge in [-0.2, -0.15) is 0 Å². The highest BCUT2D eigenvalue weighted by Gasteiger charge is 2.20. The molecule has 0 aromatic rings. The molecule has 2 rings (SSSR count). The Kier molecular flexibility index (Phi) is 2.57. The summed E-state index contributed by atoms with van der Waals surface area (Å²) in [6.07, 6.45) is 5.38. The molecule has 3 heteroatoms. The Balaban J connectivity index is 2.04. The summed E-state index contributed by atoms with van der Waals surface area (Å²) in [7, 11) is 1.43. The maximum Gasteiger partial charge on any atom is 0.309 e. The van der Waals surface area contributed by atoms with Crippen molar-refractivity contribution in [1.82, 2.24) is 0 Å². The van der Waals surface area contributed by atoms with Gasteiger partial charge in [-0.25, -0.2) is 0 Å². The van der Waals surface area contributed by atoms with Gasteiger partial charge >= 0.3 is 5.97 Å². The van der Waals surface area contributed by atoms with Gasteiger partial charge in [0.2, 0.25) is 0 Å². The number of hydrogen-bond acceptors (Lipinski definition) is 3. The van der Waals surface area contributed by atoms with Crippen LogP contribution in [0.3, 0.4) is 0 Å². The fraction of sp³-hybridized carbons (Fsp3) is 0.545. The van der Waals surface area contributed by atoms with Gasteiger partial charge in [0.1, 0.15) is 0 Å². The minimum Gasteiger partial charge on any atom is -0.497 e. The van der Waals surface area contributed by atoms with E-state index in [4.69, 9.17) is 4.74 Å². The van der Waals surface area contributed by atoms with E-state index in [1.165, 1.54) is 18.3 Å². The van der Waals surface area contributed by atoms with E-state index in [1.807, 2.05) is 0 Å². The molecule has 1 aliphatic carbocycles.